The quantitative estimate of drug-likeness (QED) is 0.296. The zero-order valence-corrected chi connectivity index (χ0v) is 20.8. The molecule has 0 spiro atoms. The van der Waals surface area contributed by atoms with E-state index in [0.29, 0.717) is 12.8 Å². The molecule has 1 aliphatic rings. The van der Waals surface area contributed by atoms with E-state index in [0.717, 1.165) is 0 Å². The van der Waals surface area contributed by atoms with Crippen LogP contribution in [0, 0.1) is 18.3 Å². The Morgan fingerprint density at radius 1 is 1.06 bits per heavy atom. The van der Waals surface area contributed by atoms with Crippen molar-refractivity contribution < 1.29 is 39.5 Å². The van der Waals surface area contributed by atoms with E-state index in [-0.39, 0.29) is 34.4 Å². The number of phenols is 2. The second kappa shape index (κ2) is 9.91. The standard InChI is InChI=1S/C26H34O8/c1-8-10-16(27)17-22(31)15(20(29)13(4)23(17)34-7)11-26(6)24(32)14(5)21(30)18(25(26)33)19(28)12(3)9-2/h12,29-32H,8-11H2,1-7H3/t12?,26-/m0/s1. The lowest BCUT2D eigenvalue weighted by molar-refractivity contribution is -0.128. The smallest absolute Gasteiger partial charge is 0.183 e. The summed E-state index contributed by atoms with van der Waals surface area (Å²) in [6, 6.07) is 0. The predicted molar refractivity (Wildman–Crippen MR) is 127 cm³/mol. The fourth-order valence-electron chi connectivity index (χ4n) is 4.31. The van der Waals surface area contributed by atoms with Crippen LogP contribution in [0.3, 0.4) is 0 Å². The van der Waals surface area contributed by atoms with Gasteiger partial charge in [0.15, 0.2) is 17.3 Å². The van der Waals surface area contributed by atoms with Crippen LogP contribution in [0.1, 0.15) is 75.4 Å². The van der Waals surface area contributed by atoms with E-state index < -0.39 is 63.7 Å². The summed E-state index contributed by atoms with van der Waals surface area (Å²) in [5.74, 6) is -4.30. The normalized spacial score (nSPS) is 19.4. The van der Waals surface area contributed by atoms with Gasteiger partial charge in [-0.3, -0.25) is 14.4 Å². The van der Waals surface area contributed by atoms with Crippen LogP contribution in [-0.4, -0.2) is 44.9 Å². The summed E-state index contributed by atoms with van der Waals surface area (Å²) in [5.41, 5.74) is -2.30. The second-order valence-corrected chi connectivity index (χ2v) is 9.09. The molecule has 1 aliphatic carbocycles. The van der Waals surface area contributed by atoms with Crippen molar-refractivity contribution in [3.05, 3.63) is 39.4 Å². The van der Waals surface area contributed by atoms with Crippen LogP contribution in [0.15, 0.2) is 22.7 Å². The monoisotopic (exact) mass is 474 g/mol. The fourth-order valence-corrected chi connectivity index (χ4v) is 4.31. The van der Waals surface area contributed by atoms with Crippen molar-refractivity contribution in [1.29, 1.82) is 0 Å². The van der Waals surface area contributed by atoms with Gasteiger partial charge >= 0.3 is 0 Å². The van der Waals surface area contributed by atoms with Crippen molar-refractivity contribution in [2.75, 3.05) is 7.11 Å². The Morgan fingerprint density at radius 3 is 2.15 bits per heavy atom. The highest BCUT2D eigenvalue weighted by atomic mass is 16.5. The lowest BCUT2D eigenvalue weighted by Crippen LogP contribution is -2.41. The van der Waals surface area contributed by atoms with Gasteiger partial charge in [-0.15, -0.1) is 0 Å². The van der Waals surface area contributed by atoms with Crippen LogP contribution >= 0.6 is 0 Å². The van der Waals surface area contributed by atoms with Gasteiger partial charge < -0.3 is 25.2 Å². The van der Waals surface area contributed by atoms with Gasteiger partial charge in [0.1, 0.15) is 39.9 Å². The molecular formula is C26H34O8. The average molecular weight is 475 g/mol. The number of aromatic hydroxyl groups is 2. The molecular weight excluding hydrogens is 440 g/mol. The molecule has 0 saturated carbocycles. The largest absolute Gasteiger partial charge is 0.511 e. The Kier molecular flexibility index (Phi) is 7.86. The van der Waals surface area contributed by atoms with Gasteiger partial charge in [-0.2, -0.15) is 0 Å². The molecule has 2 rings (SSSR count). The molecule has 8 heteroatoms. The number of carbonyl (C=O) groups excluding carboxylic acids is 3. The van der Waals surface area contributed by atoms with Crippen LogP contribution < -0.4 is 4.74 Å². The molecule has 8 nitrogen and oxygen atoms in total. The Labute approximate surface area is 199 Å². The summed E-state index contributed by atoms with van der Waals surface area (Å²) in [5, 5.41) is 43.4. The number of hydrogen-bond acceptors (Lipinski definition) is 8. The van der Waals surface area contributed by atoms with Crippen molar-refractivity contribution in [2.24, 2.45) is 11.3 Å². The van der Waals surface area contributed by atoms with Gasteiger partial charge in [-0.25, -0.2) is 0 Å². The third kappa shape index (κ3) is 4.17. The van der Waals surface area contributed by atoms with E-state index in [2.05, 4.69) is 0 Å². The van der Waals surface area contributed by atoms with Crippen molar-refractivity contribution in [1.82, 2.24) is 0 Å². The maximum Gasteiger partial charge on any atom is 0.183 e. The Balaban J connectivity index is 2.76. The van der Waals surface area contributed by atoms with Crippen molar-refractivity contribution in [2.45, 2.75) is 67.2 Å². The van der Waals surface area contributed by atoms with Crippen molar-refractivity contribution in [3.8, 4) is 17.2 Å². The maximum atomic E-state index is 13.5. The molecule has 0 amide bonds. The first kappa shape index (κ1) is 27.0. The summed E-state index contributed by atoms with van der Waals surface area (Å²) in [4.78, 5) is 39.2. The second-order valence-electron chi connectivity index (χ2n) is 9.09. The Bertz CT molecular complexity index is 1110. The third-order valence-electron chi connectivity index (χ3n) is 6.73. The number of ether oxygens (including phenoxy) is 1. The lowest BCUT2D eigenvalue weighted by atomic mass is 9.68. The number of rotatable bonds is 9. The molecule has 0 bridgehead atoms. The van der Waals surface area contributed by atoms with Gasteiger partial charge in [0.2, 0.25) is 0 Å². The number of allylic oxidation sites excluding steroid dienone is 3. The highest BCUT2D eigenvalue weighted by molar-refractivity contribution is 6.24. The van der Waals surface area contributed by atoms with Crippen molar-refractivity contribution in [3.63, 3.8) is 0 Å². The number of benzene rings is 1. The van der Waals surface area contributed by atoms with Crippen LogP contribution in [-0.2, 0) is 16.0 Å². The molecule has 34 heavy (non-hydrogen) atoms. The van der Waals surface area contributed by atoms with E-state index in [1.807, 2.05) is 0 Å². The molecule has 0 radical (unpaired) electrons. The van der Waals surface area contributed by atoms with Gasteiger partial charge in [0.25, 0.3) is 0 Å². The molecule has 0 heterocycles. The van der Waals surface area contributed by atoms with Crippen molar-refractivity contribution >= 4 is 17.3 Å². The number of carbonyl (C=O) groups is 3. The number of phenolic OH excluding ortho intramolecular Hbond substituents is 2. The number of aliphatic hydroxyl groups excluding tert-OH is 2. The SMILES string of the molecule is CCCC(=O)c1c(O)c(C[C@]2(C)C(=O)C(C(=O)C(C)CC)=C(O)C(C)=C2O)c(O)c(C)c1OC. The van der Waals surface area contributed by atoms with Crippen LogP contribution in [0.5, 0.6) is 17.2 Å². The highest BCUT2D eigenvalue weighted by Gasteiger charge is 2.49. The summed E-state index contributed by atoms with van der Waals surface area (Å²) < 4.78 is 5.28. The van der Waals surface area contributed by atoms with Crippen LogP contribution in [0.25, 0.3) is 0 Å². The van der Waals surface area contributed by atoms with Gasteiger partial charge in [0.05, 0.1) is 12.5 Å². The number of methoxy groups -OCH3 is 1. The molecule has 0 aromatic heterocycles. The van der Waals surface area contributed by atoms with Crippen LogP contribution in [0.4, 0.5) is 0 Å². The highest BCUT2D eigenvalue weighted by Crippen LogP contribution is 2.49. The van der Waals surface area contributed by atoms with E-state index in [4.69, 9.17) is 4.74 Å². The fraction of sp³-hybridized carbons (Fsp3) is 0.500. The minimum Gasteiger partial charge on any atom is -0.511 e. The minimum absolute atomic E-state index is 0.0263. The summed E-state index contributed by atoms with van der Waals surface area (Å²) in [6.07, 6.45) is 0.657. The number of Topliss-reactive ketones (excluding diaryl/α,β-unsaturated/α-hetero) is 3. The molecule has 0 fully saturated rings. The van der Waals surface area contributed by atoms with Gasteiger partial charge in [-0.05, 0) is 40.0 Å². The van der Waals surface area contributed by atoms with Gasteiger partial charge in [0, 0.05) is 29.0 Å². The third-order valence-corrected chi connectivity index (χ3v) is 6.73. The molecule has 2 atom stereocenters. The number of ketones is 3. The minimum atomic E-state index is -1.78. The first-order valence-electron chi connectivity index (χ1n) is 11.4. The van der Waals surface area contributed by atoms with Crippen LogP contribution in [0.2, 0.25) is 0 Å². The van der Waals surface area contributed by atoms with E-state index in [9.17, 15) is 34.8 Å². The van der Waals surface area contributed by atoms with Gasteiger partial charge in [-0.1, -0.05) is 20.8 Å². The number of aliphatic hydroxyl groups is 2. The molecule has 0 saturated heterocycles. The molecule has 4 N–H and O–H groups in total. The first-order chi connectivity index (χ1) is 15.8. The van der Waals surface area contributed by atoms with E-state index in [1.54, 1.807) is 20.8 Å². The van der Waals surface area contributed by atoms with E-state index in [1.165, 1.54) is 27.9 Å². The lowest BCUT2D eigenvalue weighted by Gasteiger charge is -2.34. The zero-order chi connectivity index (χ0) is 26.1. The summed E-state index contributed by atoms with van der Waals surface area (Å²) in [7, 11) is 1.31. The average Bonchev–Trinajstić information content (AvgIpc) is 2.81. The summed E-state index contributed by atoms with van der Waals surface area (Å²) >= 11 is 0. The summed E-state index contributed by atoms with van der Waals surface area (Å²) in [6.45, 7) is 9.48. The molecule has 1 aromatic rings. The van der Waals surface area contributed by atoms with E-state index >= 15 is 0 Å². The topological polar surface area (TPSA) is 141 Å². The molecule has 0 aliphatic heterocycles. The molecule has 186 valence electrons. The predicted octanol–water partition coefficient (Wildman–Crippen LogP) is 4.79. The first-order valence-corrected chi connectivity index (χ1v) is 11.4. The molecule has 1 unspecified atom stereocenters. The number of hydrogen-bond donors (Lipinski definition) is 4. The maximum absolute atomic E-state index is 13.5. The molecule has 1 aromatic carbocycles. The Hall–Kier alpha value is -3.29. The Morgan fingerprint density at radius 2 is 1.65 bits per heavy atom. The zero-order valence-electron chi connectivity index (χ0n) is 20.8.